The maximum Gasteiger partial charge on any atom is 0.234 e. The molecule has 1 aromatic carbocycles. The molecule has 5 heteroatoms. The lowest BCUT2D eigenvalue weighted by Gasteiger charge is -2.20. The molecule has 0 spiro atoms. The minimum absolute atomic E-state index is 0.0215. The Hall–Kier alpha value is -1.07. The van der Waals surface area contributed by atoms with Crippen molar-refractivity contribution in [2.45, 2.75) is 33.6 Å². The second kappa shape index (κ2) is 9.05. The van der Waals surface area contributed by atoms with Crippen LogP contribution in [0.2, 0.25) is 0 Å². The van der Waals surface area contributed by atoms with Gasteiger partial charge < -0.3 is 10.2 Å². The van der Waals surface area contributed by atoms with Crippen molar-refractivity contribution < 1.29 is 4.79 Å². The summed E-state index contributed by atoms with van der Waals surface area (Å²) in [5.41, 5.74) is 2.10. The standard InChI is InChI=1S/C16H24N2OS2/c1-5-18(6-2)16(20)21-11-15(19)17-14-9-7-13(8-10-14)12(3)4/h7-10,12H,5-6,11H2,1-4H3,(H,17,19). The van der Waals surface area contributed by atoms with Crippen LogP contribution in [-0.2, 0) is 4.79 Å². The zero-order valence-corrected chi connectivity index (χ0v) is 14.8. The molecule has 0 atom stereocenters. The molecule has 0 saturated heterocycles. The third kappa shape index (κ3) is 6.06. The molecule has 1 aromatic rings. The molecule has 0 unspecified atom stereocenters. The lowest BCUT2D eigenvalue weighted by molar-refractivity contribution is -0.113. The number of thiocarbonyl (C=S) groups is 1. The lowest BCUT2D eigenvalue weighted by atomic mass is 10.0. The van der Waals surface area contributed by atoms with Crippen molar-refractivity contribution in [2.75, 3.05) is 24.2 Å². The Labute approximate surface area is 137 Å². The third-order valence-corrected chi connectivity index (χ3v) is 4.73. The van der Waals surface area contributed by atoms with Gasteiger partial charge in [0.15, 0.2) is 0 Å². The summed E-state index contributed by atoms with van der Waals surface area (Å²) < 4.78 is 0.783. The number of rotatable bonds is 6. The Morgan fingerprint density at radius 2 is 1.81 bits per heavy atom. The monoisotopic (exact) mass is 324 g/mol. The average Bonchev–Trinajstić information content (AvgIpc) is 2.47. The molecule has 1 rings (SSSR count). The molecule has 0 bridgehead atoms. The molecule has 1 N–H and O–H groups in total. The van der Waals surface area contributed by atoms with Crippen LogP contribution in [0.1, 0.15) is 39.2 Å². The van der Waals surface area contributed by atoms with E-state index in [0.717, 1.165) is 23.1 Å². The Morgan fingerprint density at radius 1 is 1.24 bits per heavy atom. The Bertz CT molecular complexity index is 468. The van der Waals surface area contributed by atoms with Gasteiger partial charge in [0.25, 0.3) is 0 Å². The first-order valence-corrected chi connectivity index (χ1v) is 8.68. The molecule has 21 heavy (non-hydrogen) atoms. The first-order valence-electron chi connectivity index (χ1n) is 7.29. The van der Waals surface area contributed by atoms with E-state index in [0.29, 0.717) is 11.7 Å². The van der Waals surface area contributed by atoms with E-state index in [1.165, 1.54) is 17.3 Å². The van der Waals surface area contributed by atoms with E-state index in [4.69, 9.17) is 12.2 Å². The fourth-order valence-corrected chi connectivity index (χ4v) is 3.05. The second-order valence-electron chi connectivity index (χ2n) is 5.05. The molecular formula is C16H24N2OS2. The van der Waals surface area contributed by atoms with Gasteiger partial charge in [0.1, 0.15) is 4.32 Å². The number of nitrogens with zero attached hydrogens (tertiary/aromatic N) is 1. The van der Waals surface area contributed by atoms with Crippen molar-refractivity contribution in [1.29, 1.82) is 0 Å². The quantitative estimate of drug-likeness (QED) is 0.798. The van der Waals surface area contributed by atoms with Crippen LogP contribution in [0, 0.1) is 0 Å². The highest BCUT2D eigenvalue weighted by molar-refractivity contribution is 8.23. The zero-order chi connectivity index (χ0) is 15.8. The molecule has 0 heterocycles. The SMILES string of the molecule is CCN(CC)C(=S)SCC(=O)Nc1ccc(C(C)C)cc1. The van der Waals surface area contributed by atoms with Crippen molar-refractivity contribution in [3.8, 4) is 0 Å². The topological polar surface area (TPSA) is 32.3 Å². The first kappa shape index (κ1) is 18.0. The van der Waals surface area contributed by atoms with Crippen LogP contribution in [0.3, 0.4) is 0 Å². The summed E-state index contributed by atoms with van der Waals surface area (Å²) in [7, 11) is 0. The molecule has 0 aromatic heterocycles. The van der Waals surface area contributed by atoms with Crippen LogP contribution in [0.5, 0.6) is 0 Å². The van der Waals surface area contributed by atoms with Gasteiger partial charge in [0.2, 0.25) is 5.91 Å². The van der Waals surface area contributed by atoms with Crippen LogP contribution >= 0.6 is 24.0 Å². The normalized spacial score (nSPS) is 10.5. The molecule has 0 saturated carbocycles. The number of carbonyl (C=O) groups excluding carboxylic acids is 1. The van der Waals surface area contributed by atoms with E-state index in [-0.39, 0.29) is 5.91 Å². The molecule has 0 aliphatic rings. The minimum Gasteiger partial charge on any atom is -0.358 e. The van der Waals surface area contributed by atoms with Gasteiger partial charge in [-0.05, 0) is 37.5 Å². The van der Waals surface area contributed by atoms with Gasteiger partial charge in [-0.15, -0.1) is 0 Å². The summed E-state index contributed by atoms with van der Waals surface area (Å²) in [4.78, 5) is 14.0. The smallest absolute Gasteiger partial charge is 0.234 e. The average molecular weight is 325 g/mol. The van der Waals surface area contributed by atoms with E-state index in [9.17, 15) is 4.79 Å². The number of hydrogen-bond donors (Lipinski definition) is 1. The Morgan fingerprint density at radius 3 is 2.29 bits per heavy atom. The second-order valence-corrected chi connectivity index (χ2v) is 6.66. The Balaban J connectivity index is 2.45. The van der Waals surface area contributed by atoms with Gasteiger partial charge in [0, 0.05) is 18.8 Å². The van der Waals surface area contributed by atoms with Gasteiger partial charge in [-0.1, -0.05) is 50.0 Å². The van der Waals surface area contributed by atoms with Crippen molar-refractivity contribution >= 4 is 39.9 Å². The number of carbonyl (C=O) groups is 1. The zero-order valence-electron chi connectivity index (χ0n) is 13.2. The molecule has 0 aliphatic carbocycles. The Kier molecular flexibility index (Phi) is 7.75. The summed E-state index contributed by atoms with van der Waals surface area (Å²) in [6, 6.07) is 7.99. The molecule has 3 nitrogen and oxygen atoms in total. The summed E-state index contributed by atoms with van der Waals surface area (Å²) in [6.07, 6.45) is 0. The number of nitrogens with one attached hydrogen (secondary N) is 1. The predicted octanol–water partition coefficient (Wildman–Crippen LogP) is 4.11. The predicted molar refractivity (Wildman–Crippen MR) is 97.1 cm³/mol. The summed E-state index contributed by atoms with van der Waals surface area (Å²) in [5, 5.41) is 2.90. The van der Waals surface area contributed by atoms with Gasteiger partial charge in [-0.2, -0.15) is 0 Å². The van der Waals surface area contributed by atoms with Crippen molar-refractivity contribution in [3.63, 3.8) is 0 Å². The lowest BCUT2D eigenvalue weighted by Crippen LogP contribution is -2.28. The van der Waals surface area contributed by atoms with E-state index >= 15 is 0 Å². The van der Waals surface area contributed by atoms with Gasteiger partial charge in [0.05, 0.1) is 5.75 Å². The summed E-state index contributed by atoms with van der Waals surface area (Å²) in [5.74, 6) is 0.824. The van der Waals surface area contributed by atoms with Crippen LogP contribution in [0.15, 0.2) is 24.3 Å². The van der Waals surface area contributed by atoms with Crippen molar-refractivity contribution in [1.82, 2.24) is 4.90 Å². The first-order chi connectivity index (χ1) is 9.97. The van der Waals surface area contributed by atoms with Crippen molar-refractivity contribution in [3.05, 3.63) is 29.8 Å². The third-order valence-electron chi connectivity index (χ3n) is 3.21. The molecule has 116 valence electrons. The highest BCUT2D eigenvalue weighted by Crippen LogP contribution is 2.17. The maximum absolute atomic E-state index is 11.9. The van der Waals surface area contributed by atoms with Gasteiger partial charge in [-0.25, -0.2) is 0 Å². The van der Waals surface area contributed by atoms with Gasteiger partial charge >= 0.3 is 0 Å². The van der Waals surface area contributed by atoms with Gasteiger partial charge in [-0.3, -0.25) is 4.79 Å². The molecule has 0 aliphatic heterocycles. The number of anilines is 1. The van der Waals surface area contributed by atoms with Crippen LogP contribution in [0.25, 0.3) is 0 Å². The van der Waals surface area contributed by atoms with E-state index in [1.54, 1.807) is 0 Å². The van der Waals surface area contributed by atoms with Crippen LogP contribution < -0.4 is 5.32 Å². The summed E-state index contributed by atoms with van der Waals surface area (Å²) >= 11 is 6.73. The van der Waals surface area contributed by atoms with Crippen LogP contribution in [0.4, 0.5) is 5.69 Å². The highest BCUT2D eigenvalue weighted by Gasteiger charge is 2.09. The van der Waals surface area contributed by atoms with E-state index in [1.807, 2.05) is 24.3 Å². The minimum atomic E-state index is -0.0215. The number of thioether (sulfide) groups is 1. The molecule has 0 fully saturated rings. The van der Waals surface area contributed by atoms with Crippen LogP contribution in [-0.4, -0.2) is 34.0 Å². The number of benzene rings is 1. The largest absolute Gasteiger partial charge is 0.358 e. The molecule has 1 amide bonds. The fraction of sp³-hybridized carbons (Fsp3) is 0.500. The molecule has 0 radical (unpaired) electrons. The summed E-state index contributed by atoms with van der Waals surface area (Å²) in [6.45, 7) is 10.2. The maximum atomic E-state index is 11.9. The molecular weight excluding hydrogens is 300 g/mol. The number of amides is 1. The van der Waals surface area contributed by atoms with Crippen molar-refractivity contribution in [2.24, 2.45) is 0 Å². The highest BCUT2D eigenvalue weighted by atomic mass is 32.2. The van der Waals surface area contributed by atoms with E-state index < -0.39 is 0 Å². The van der Waals surface area contributed by atoms with E-state index in [2.05, 4.69) is 37.9 Å². The number of hydrogen-bond acceptors (Lipinski definition) is 3. The fourth-order valence-electron chi connectivity index (χ4n) is 1.85.